The zero-order chi connectivity index (χ0) is 12.3. The monoisotopic (exact) mass is 234 g/mol. The van der Waals surface area contributed by atoms with Gasteiger partial charge in [0, 0.05) is 5.02 Å². The van der Waals surface area contributed by atoms with Gasteiger partial charge >= 0.3 is 11.9 Å². The smallest absolute Gasteiger partial charge is 0.414 e. The molecule has 0 amide bonds. The minimum Gasteiger partial charge on any atom is -0.473 e. The highest BCUT2D eigenvalue weighted by atomic mass is 35.5. The molecule has 7 heteroatoms. The summed E-state index contributed by atoms with van der Waals surface area (Å²) in [6.07, 6.45) is 0. The molecule has 0 radical (unpaired) electrons. The second kappa shape index (κ2) is 10.5. The standard InChI is InChI=1S/C6H5Cl.C2H2O4.H4N2/c7-6-4-2-1-3-5-6;3-1(4)2(5)6;1-2/h1-5H;(H,3,4)(H,5,6);1-2H2. The van der Waals surface area contributed by atoms with E-state index in [0.29, 0.717) is 0 Å². The van der Waals surface area contributed by atoms with Crippen LogP contribution in [0.1, 0.15) is 0 Å². The van der Waals surface area contributed by atoms with Crippen molar-refractivity contribution in [3.8, 4) is 0 Å². The average Bonchev–Trinajstić information content (AvgIpc) is 2.22. The van der Waals surface area contributed by atoms with E-state index in [0.717, 1.165) is 5.02 Å². The van der Waals surface area contributed by atoms with Crippen LogP contribution in [0.15, 0.2) is 30.3 Å². The summed E-state index contributed by atoms with van der Waals surface area (Å²) in [5.41, 5.74) is 0. The molecule has 0 saturated carbocycles. The molecular weight excluding hydrogens is 224 g/mol. The Morgan fingerprint density at radius 1 is 1.00 bits per heavy atom. The van der Waals surface area contributed by atoms with Gasteiger partial charge in [0.15, 0.2) is 0 Å². The molecule has 0 fully saturated rings. The van der Waals surface area contributed by atoms with Gasteiger partial charge in [-0.25, -0.2) is 9.59 Å². The summed E-state index contributed by atoms with van der Waals surface area (Å²) in [6, 6.07) is 9.44. The van der Waals surface area contributed by atoms with Gasteiger partial charge in [-0.05, 0) is 12.1 Å². The van der Waals surface area contributed by atoms with E-state index in [2.05, 4.69) is 11.7 Å². The maximum atomic E-state index is 9.10. The Balaban J connectivity index is 0. The number of hydrazine groups is 1. The lowest BCUT2D eigenvalue weighted by Crippen LogP contribution is -2.09. The molecular formula is C8H11ClN2O4. The van der Waals surface area contributed by atoms with Crippen molar-refractivity contribution in [3.63, 3.8) is 0 Å². The number of hydrogen-bond acceptors (Lipinski definition) is 4. The fourth-order valence-electron chi connectivity index (χ4n) is 0.415. The third-order valence-corrected chi connectivity index (χ3v) is 1.17. The normalized spacial score (nSPS) is 7.40. The van der Waals surface area contributed by atoms with Crippen molar-refractivity contribution in [2.75, 3.05) is 0 Å². The van der Waals surface area contributed by atoms with Crippen molar-refractivity contribution in [3.05, 3.63) is 35.4 Å². The molecule has 0 unspecified atom stereocenters. The maximum Gasteiger partial charge on any atom is 0.414 e. The van der Waals surface area contributed by atoms with Crippen LogP contribution in [0.4, 0.5) is 0 Å². The number of carboxylic acids is 2. The van der Waals surface area contributed by atoms with Crippen LogP contribution in [0.5, 0.6) is 0 Å². The van der Waals surface area contributed by atoms with E-state index in [1.807, 2.05) is 30.3 Å². The van der Waals surface area contributed by atoms with Gasteiger partial charge in [-0.1, -0.05) is 29.8 Å². The van der Waals surface area contributed by atoms with Gasteiger partial charge in [0.2, 0.25) is 0 Å². The molecule has 6 nitrogen and oxygen atoms in total. The van der Waals surface area contributed by atoms with Gasteiger partial charge < -0.3 is 10.2 Å². The number of halogens is 1. The van der Waals surface area contributed by atoms with E-state index >= 15 is 0 Å². The Hall–Kier alpha value is -1.63. The Morgan fingerprint density at radius 3 is 1.47 bits per heavy atom. The van der Waals surface area contributed by atoms with Gasteiger partial charge in [0.25, 0.3) is 0 Å². The number of rotatable bonds is 0. The lowest BCUT2D eigenvalue weighted by Gasteiger charge is -1.80. The Labute approximate surface area is 91.0 Å². The molecule has 1 aromatic rings. The molecule has 84 valence electrons. The highest BCUT2D eigenvalue weighted by Gasteiger charge is 2.04. The highest BCUT2D eigenvalue weighted by Crippen LogP contribution is 2.03. The number of carboxylic acid groups (broad SMARTS) is 2. The van der Waals surface area contributed by atoms with Crippen molar-refractivity contribution in [2.24, 2.45) is 11.7 Å². The summed E-state index contributed by atoms with van der Waals surface area (Å²) in [4.78, 5) is 18.2. The van der Waals surface area contributed by atoms with Crippen LogP contribution >= 0.6 is 11.6 Å². The second-order valence-corrected chi connectivity index (χ2v) is 2.34. The molecule has 0 aliphatic heterocycles. The summed E-state index contributed by atoms with van der Waals surface area (Å²) in [6.45, 7) is 0. The van der Waals surface area contributed by atoms with E-state index in [1.54, 1.807) is 0 Å². The van der Waals surface area contributed by atoms with Crippen molar-refractivity contribution in [1.29, 1.82) is 0 Å². The molecule has 0 aliphatic rings. The molecule has 1 aromatic carbocycles. The summed E-state index contributed by atoms with van der Waals surface area (Å²) >= 11 is 5.54. The van der Waals surface area contributed by atoms with Crippen molar-refractivity contribution in [1.82, 2.24) is 0 Å². The largest absolute Gasteiger partial charge is 0.473 e. The quantitative estimate of drug-likeness (QED) is 0.291. The summed E-state index contributed by atoms with van der Waals surface area (Å²) in [5.74, 6) is 4.35. The van der Waals surface area contributed by atoms with E-state index < -0.39 is 11.9 Å². The van der Waals surface area contributed by atoms with Crippen LogP contribution in [-0.2, 0) is 9.59 Å². The first-order chi connectivity index (χ1) is 7.04. The Morgan fingerprint density at radius 2 is 1.33 bits per heavy atom. The van der Waals surface area contributed by atoms with E-state index in [1.165, 1.54) is 0 Å². The Kier molecular flexibility index (Phi) is 11.0. The second-order valence-electron chi connectivity index (χ2n) is 1.91. The molecule has 0 spiro atoms. The lowest BCUT2D eigenvalue weighted by molar-refractivity contribution is -0.159. The highest BCUT2D eigenvalue weighted by molar-refractivity contribution is 6.30. The van der Waals surface area contributed by atoms with Crippen LogP contribution < -0.4 is 11.7 Å². The van der Waals surface area contributed by atoms with Gasteiger partial charge in [0.1, 0.15) is 0 Å². The molecule has 0 atom stereocenters. The van der Waals surface area contributed by atoms with Crippen molar-refractivity contribution < 1.29 is 19.8 Å². The van der Waals surface area contributed by atoms with Crippen molar-refractivity contribution in [2.45, 2.75) is 0 Å². The number of benzene rings is 1. The predicted octanol–water partition coefficient (Wildman–Crippen LogP) is 0.314. The first-order valence-electron chi connectivity index (χ1n) is 3.54. The third-order valence-electron chi connectivity index (χ3n) is 0.916. The minimum absolute atomic E-state index is 0.794. The molecule has 6 N–H and O–H groups in total. The fourth-order valence-corrected chi connectivity index (χ4v) is 0.560. The van der Waals surface area contributed by atoms with Crippen LogP contribution in [0.25, 0.3) is 0 Å². The lowest BCUT2D eigenvalue weighted by atomic mass is 10.4. The fraction of sp³-hybridized carbons (Fsp3) is 0. The van der Waals surface area contributed by atoms with Crippen molar-refractivity contribution >= 4 is 23.5 Å². The number of hydrogen-bond donors (Lipinski definition) is 4. The Bertz CT molecular complexity index is 280. The maximum absolute atomic E-state index is 9.10. The minimum atomic E-state index is -1.82. The number of carbonyl (C=O) groups is 2. The number of aliphatic carboxylic acids is 2. The zero-order valence-corrected chi connectivity index (χ0v) is 8.39. The van der Waals surface area contributed by atoms with E-state index in [-0.39, 0.29) is 0 Å². The van der Waals surface area contributed by atoms with Gasteiger partial charge in [-0.2, -0.15) is 0 Å². The molecule has 0 bridgehead atoms. The van der Waals surface area contributed by atoms with Crippen LogP contribution in [0.2, 0.25) is 5.02 Å². The molecule has 0 aromatic heterocycles. The SMILES string of the molecule is Clc1ccccc1.NN.O=C(O)C(=O)O. The first-order valence-corrected chi connectivity index (χ1v) is 3.92. The van der Waals surface area contributed by atoms with Gasteiger partial charge in [-0.3, -0.25) is 11.7 Å². The molecule has 1 rings (SSSR count). The summed E-state index contributed by atoms with van der Waals surface area (Å²) in [7, 11) is 0. The zero-order valence-electron chi connectivity index (χ0n) is 7.63. The third kappa shape index (κ3) is 12.4. The topological polar surface area (TPSA) is 127 Å². The van der Waals surface area contributed by atoms with Gasteiger partial charge in [-0.15, -0.1) is 0 Å². The predicted molar refractivity (Wildman–Crippen MR) is 55.1 cm³/mol. The molecule has 0 saturated heterocycles. The number of nitrogens with two attached hydrogens (primary N) is 2. The van der Waals surface area contributed by atoms with Gasteiger partial charge in [0.05, 0.1) is 0 Å². The first kappa shape index (κ1) is 15.8. The summed E-state index contributed by atoms with van der Waals surface area (Å²) in [5, 5.41) is 15.6. The van der Waals surface area contributed by atoms with Crippen LogP contribution in [0.3, 0.4) is 0 Å². The van der Waals surface area contributed by atoms with Crippen LogP contribution in [-0.4, -0.2) is 22.2 Å². The van der Waals surface area contributed by atoms with E-state index in [9.17, 15) is 0 Å². The molecule has 0 heterocycles. The van der Waals surface area contributed by atoms with Crippen LogP contribution in [0, 0.1) is 0 Å². The molecule has 0 aliphatic carbocycles. The molecule has 15 heavy (non-hydrogen) atoms. The summed E-state index contributed by atoms with van der Waals surface area (Å²) < 4.78 is 0. The average molecular weight is 235 g/mol. The van der Waals surface area contributed by atoms with E-state index in [4.69, 9.17) is 31.4 Å².